The summed E-state index contributed by atoms with van der Waals surface area (Å²) < 4.78 is 10.8. The largest absolute Gasteiger partial charge is 0.384 e. The number of nitrogen functional groups attached to an aromatic ring is 1. The molecule has 90 valence electrons. The van der Waals surface area contributed by atoms with Crippen LogP contribution in [-0.4, -0.2) is 24.8 Å². The smallest absolute Gasteiger partial charge is 0.123 e. The standard InChI is InChI=1S/C12H20N2O2/c1-2-3-6-15-7-8-16-10-11-4-5-14-12(13)9-11/h4-5,9H,2-3,6-8,10H2,1H3,(H2,13,14). The summed E-state index contributed by atoms with van der Waals surface area (Å²) in [6.45, 7) is 4.80. The fourth-order valence-corrected chi connectivity index (χ4v) is 1.24. The normalized spacial score (nSPS) is 10.6. The first-order chi connectivity index (χ1) is 7.83. The highest BCUT2D eigenvalue weighted by Gasteiger charge is 1.95. The van der Waals surface area contributed by atoms with Gasteiger partial charge in [-0.2, -0.15) is 0 Å². The Morgan fingerprint density at radius 2 is 2.06 bits per heavy atom. The Hall–Kier alpha value is -1.13. The maximum absolute atomic E-state index is 5.55. The second kappa shape index (κ2) is 8.07. The number of hydrogen-bond acceptors (Lipinski definition) is 4. The van der Waals surface area contributed by atoms with Gasteiger partial charge >= 0.3 is 0 Å². The highest BCUT2D eigenvalue weighted by atomic mass is 16.5. The fraction of sp³-hybridized carbons (Fsp3) is 0.583. The molecule has 4 nitrogen and oxygen atoms in total. The summed E-state index contributed by atoms with van der Waals surface area (Å²) in [4.78, 5) is 3.92. The molecule has 0 fully saturated rings. The minimum Gasteiger partial charge on any atom is -0.384 e. The van der Waals surface area contributed by atoms with E-state index in [1.54, 1.807) is 6.20 Å². The zero-order valence-electron chi connectivity index (χ0n) is 9.82. The number of hydrogen-bond donors (Lipinski definition) is 1. The Morgan fingerprint density at radius 1 is 1.25 bits per heavy atom. The molecule has 1 heterocycles. The first kappa shape index (κ1) is 12.9. The minimum absolute atomic E-state index is 0.528. The van der Waals surface area contributed by atoms with Gasteiger partial charge in [0.15, 0.2) is 0 Å². The van der Waals surface area contributed by atoms with Crippen molar-refractivity contribution >= 4 is 5.82 Å². The fourth-order valence-electron chi connectivity index (χ4n) is 1.24. The van der Waals surface area contributed by atoms with Gasteiger partial charge in [-0.15, -0.1) is 0 Å². The third kappa shape index (κ3) is 5.68. The van der Waals surface area contributed by atoms with Crippen molar-refractivity contribution < 1.29 is 9.47 Å². The van der Waals surface area contributed by atoms with Crippen molar-refractivity contribution in [2.45, 2.75) is 26.4 Å². The van der Waals surface area contributed by atoms with E-state index < -0.39 is 0 Å². The number of nitrogens with two attached hydrogens (primary N) is 1. The van der Waals surface area contributed by atoms with Crippen molar-refractivity contribution in [2.24, 2.45) is 0 Å². The first-order valence-electron chi connectivity index (χ1n) is 5.69. The molecule has 0 spiro atoms. The highest BCUT2D eigenvalue weighted by Crippen LogP contribution is 2.04. The SMILES string of the molecule is CCCCOCCOCc1ccnc(N)c1. The number of aromatic nitrogens is 1. The molecule has 1 rings (SSSR count). The molecule has 0 amide bonds. The Balaban J connectivity index is 2.03. The van der Waals surface area contributed by atoms with Crippen LogP contribution in [-0.2, 0) is 16.1 Å². The quantitative estimate of drug-likeness (QED) is 0.686. The Labute approximate surface area is 96.8 Å². The van der Waals surface area contributed by atoms with Crippen molar-refractivity contribution in [3.63, 3.8) is 0 Å². The number of pyridine rings is 1. The van der Waals surface area contributed by atoms with Gasteiger partial charge in [-0.3, -0.25) is 0 Å². The molecule has 0 aliphatic carbocycles. The van der Waals surface area contributed by atoms with Crippen LogP contribution in [0.5, 0.6) is 0 Å². The lowest BCUT2D eigenvalue weighted by Crippen LogP contribution is -2.05. The zero-order valence-corrected chi connectivity index (χ0v) is 9.82. The summed E-state index contributed by atoms with van der Waals surface area (Å²) in [6.07, 6.45) is 3.96. The third-order valence-corrected chi connectivity index (χ3v) is 2.13. The van der Waals surface area contributed by atoms with Crippen molar-refractivity contribution in [1.29, 1.82) is 0 Å². The van der Waals surface area contributed by atoms with Gasteiger partial charge in [0.25, 0.3) is 0 Å². The number of ether oxygens (including phenoxy) is 2. The van der Waals surface area contributed by atoms with E-state index in [-0.39, 0.29) is 0 Å². The molecular weight excluding hydrogens is 204 g/mol. The van der Waals surface area contributed by atoms with Crippen molar-refractivity contribution in [3.8, 4) is 0 Å². The summed E-state index contributed by atoms with van der Waals surface area (Å²) in [7, 11) is 0. The predicted octanol–water partition coefficient (Wildman–Crippen LogP) is 2.00. The number of anilines is 1. The van der Waals surface area contributed by atoms with Crippen LogP contribution >= 0.6 is 0 Å². The summed E-state index contributed by atoms with van der Waals surface area (Å²) >= 11 is 0. The Morgan fingerprint density at radius 3 is 2.81 bits per heavy atom. The Bertz CT molecular complexity index is 292. The van der Waals surface area contributed by atoms with Crippen LogP contribution < -0.4 is 5.73 Å². The number of nitrogens with zero attached hydrogens (tertiary/aromatic N) is 1. The van der Waals surface area contributed by atoms with Crippen LogP contribution in [0.1, 0.15) is 25.3 Å². The molecule has 1 aromatic rings. The van der Waals surface area contributed by atoms with E-state index in [1.807, 2.05) is 12.1 Å². The molecule has 16 heavy (non-hydrogen) atoms. The topological polar surface area (TPSA) is 57.4 Å². The molecule has 2 N–H and O–H groups in total. The van der Waals surface area contributed by atoms with E-state index in [0.717, 1.165) is 25.0 Å². The molecule has 1 aromatic heterocycles. The monoisotopic (exact) mass is 224 g/mol. The van der Waals surface area contributed by atoms with Crippen LogP contribution in [0.15, 0.2) is 18.3 Å². The molecule has 0 aromatic carbocycles. The molecule has 0 aliphatic heterocycles. The van der Waals surface area contributed by atoms with Gasteiger partial charge in [0.1, 0.15) is 5.82 Å². The van der Waals surface area contributed by atoms with Crippen molar-refractivity contribution in [3.05, 3.63) is 23.9 Å². The van der Waals surface area contributed by atoms with E-state index in [9.17, 15) is 0 Å². The minimum atomic E-state index is 0.528. The second-order valence-electron chi connectivity index (χ2n) is 3.61. The van der Waals surface area contributed by atoms with Crippen molar-refractivity contribution in [2.75, 3.05) is 25.6 Å². The molecule has 0 aliphatic rings. The zero-order chi connectivity index (χ0) is 11.6. The van der Waals surface area contributed by atoms with Gasteiger partial charge in [0.2, 0.25) is 0 Å². The molecule has 0 saturated carbocycles. The van der Waals surface area contributed by atoms with E-state index >= 15 is 0 Å². The number of unbranched alkanes of at least 4 members (excludes halogenated alkanes) is 1. The van der Waals surface area contributed by atoms with E-state index in [1.165, 1.54) is 0 Å². The van der Waals surface area contributed by atoms with Gasteiger partial charge < -0.3 is 15.2 Å². The van der Waals surface area contributed by atoms with Crippen LogP contribution in [0.3, 0.4) is 0 Å². The van der Waals surface area contributed by atoms with E-state index in [0.29, 0.717) is 25.6 Å². The van der Waals surface area contributed by atoms with Gasteiger partial charge in [0, 0.05) is 12.8 Å². The second-order valence-corrected chi connectivity index (χ2v) is 3.61. The lowest BCUT2D eigenvalue weighted by atomic mass is 10.3. The molecule has 0 atom stereocenters. The summed E-state index contributed by atoms with van der Waals surface area (Å²) in [5.41, 5.74) is 6.60. The molecule has 0 bridgehead atoms. The summed E-state index contributed by atoms with van der Waals surface area (Å²) in [6, 6.07) is 3.71. The molecule has 0 saturated heterocycles. The van der Waals surface area contributed by atoms with Gasteiger partial charge in [-0.25, -0.2) is 4.98 Å². The van der Waals surface area contributed by atoms with Gasteiger partial charge in [-0.1, -0.05) is 13.3 Å². The van der Waals surface area contributed by atoms with Crippen LogP contribution in [0, 0.1) is 0 Å². The maximum Gasteiger partial charge on any atom is 0.123 e. The molecule has 0 radical (unpaired) electrons. The first-order valence-corrected chi connectivity index (χ1v) is 5.69. The average molecular weight is 224 g/mol. The summed E-state index contributed by atoms with van der Waals surface area (Å²) in [5.74, 6) is 0.528. The highest BCUT2D eigenvalue weighted by molar-refractivity contribution is 5.31. The predicted molar refractivity (Wildman–Crippen MR) is 64.0 cm³/mol. The molecular formula is C12H20N2O2. The van der Waals surface area contributed by atoms with E-state index in [2.05, 4.69) is 11.9 Å². The lowest BCUT2D eigenvalue weighted by Gasteiger charge is -2.05. The van der Waals surface area contributed by atoms with Gasteiger partial charge in [0.05, 0.1) is 19.8 Å². The maximum atomic E-state index is 5.55. The molecule has 0 unspecified atom stereocenters. The average Bonchev–Trinajstić information content (AvgIpc) is 2.28. The Kier molecular flexibility index (Phi) is 6.53. The van der Waals surface area contributed by atoms with Crippen molar-refractivity contribution in [1.82, 2.24) is 4.98 Å². The number of rotatable bonds is 8. The van der Waals surface area contributed by atoms with Crippen LogP contribution in [0.2, 0.25) is 0 Å². The molecule has 4 heteroatoms. The van der Waals surface area contributed by atoms with Gasteiger partial charge in [-0.05, 0) is 24.1 Å². The lowest BCUT2D eigenvalue weighted by molar-refractivity contribution is 0.0397. The van der Waals surface area contributed by atoms with Crippen LogP contribution in [0.4, 0.5) is 5.82 Å². The van der Waals surface area contributed by atoms with Crippen LogP contribution in [0.25, 0.3) is 0 Å². The third-order valence-electron chi connectivity index (χ3n) is 2.13. The van der Waals surface area contributed by atoms with E-state index in [4.69, 9.17) is 15.2 Å². The summed E-state index contributed by atoms with van der Waals surface area (Å²) in [5, 5.41) is 0.